The average molecular weight is 279 g/mol. The van der Waals surface area contributed by atoms with Crippen LogP contribution in [-0.4, -0.2) is 25.3 Å². The molecule has 1 rings (SSSR count). The van der Waals surface area contributed by atoms with Gasteiger partial charge in [0.25, 0.3) is 0 Å². The fourth-order valence-electron chi connectivity index (χ4n) is 1.76. The molecule has 2 amide bonds. The summed E-state index contributed by atoms with van der Waals surface area (Å²) in [5, 5.41) is 5.75. The largest absolute Gasteiger partial charge is 0.380 e. The Labute approximate surface area is 120 Å². The minimum atomic E-state index is -0.224. The Hall–Kier alpha value is -1.59. The predicted molar refractivity (Wildman–Crippen MR) is 81.6 cm³/mol. The Bertz CT molecular complexity index is 421. The number of urea groups is 1. The number of carbonyl (C=O) groups is 1. The molecule has 4 N–H and O–H groups in total. The van der Waals surface area contributed by atoms with Gasteiger partial charge in [0, 0.05) is 18.8 Å². The highest BCUT2D eigenvalue weighted by Gasteiger charge is 2.16. The van der Waals surface area contributed by atoms with Crippen LogP contribution in [0.15, 0.2) is 24.3 Å². The van der Waals surface area contributed by atoms with E-state index in [1.54, 1.807) is 0 Å². The smallest absolute Gasteiger partial charge is 0.319 e. The molecule has 20 heavy (non-hydrogen) atoms. The highest BCUT2D eigenvalue weighted by Crippen LogP contribution is 2.10. The highest BCUT2D eigenvalue weighted by molar-refractivity contribution is 5.89. The number of carbonyl (C=O) groups excluding carboxylic acids is 1. The van der Waals surface area contributed by atoms with Crippen molar-refractivity contribution in [3.8, 4) is 0 Å². The van der Waals surface area contributed by atoms with Crippen LogP contribution in [0.25, 0.3) is 0 Å². The van der Waals surface area contributed by atoms with Crippen molar-refractivity contribution in [2.75, 3.05) is 18.5 Å². The number of hydrogen-bond donors (Lipinski definition) is 3. The van der Waals surface area contributed by atoms with Gasteiger partial charge in [-0.15, -0.1) is 0 Å². The summed E-state index contributed by atoms with van der Waals surface area (Å²) in [5.74, 6) is 0.308. The molecule has 0 aliphatic heterocycles. The normalized spacial score (nSPS) is 12.2. The van der Waals surface area contributed by atoms with E-state index < -0.39 is 0 Å². The molecule has 112 valence electrons. The van der Waals surface area contributed by atoms with Gasteiger partial charge in [-0.1, -0.05) is 26.0 Å². The van der Waals surface area contributed by atoms with Crippen LogP contribution in [0.2, 0.25) is 0 Å². The highest BCUT2D eigenvalue weighted by atomic mass is 16.5. The summed E-state index contributed by atoms with van der Waals surface area (Å²) in [6.07, 6.45) is 0. The second kappa shape index (κ2) is 8.55. The molecule has 0 fully saturated rings. The van der Waals surface area contributed by atoms with Crippen molar-refractivity contribution < 1.29 is 9.53 Å². The maximum atomic E-state index is 12.0. The van der Waals surface area contributed by atoms with Crippen molar-refractivity contribution in [2.24, 2.45) is 11.7 Å². The topological polar surface area (TPSA) is 76.4 Å². The maximum absolute atomic E-state index is 12.0. The second-order valence-electron chi connectivity index (χ2n) is 5.01. The number of hydrogen-bond acceptors (Lipinski definition) is 3. The molecule has 1 aromatic rings. The van der Waals surface area contributed by atoms with Crippen LogP contribution >= 0.6 is 0 Å². The van der Waals surface area contributed by atoms with Crippen molar-refractivity contribution in [3.63, 3.8) is 0 Å². The van der Waals surface area contributed by atoms with Gasteiger partial charge in [0.15, 0.2) is 0 Å². The Morgan fingerprint density at radius 1 is 1.40 bits per heavy atom. The van der Waals surface area contributed by atoms with Gasteiger partial charge in [0.05, 0.1) is 12.6 Å². The van der Waals surface area contributed by atoms with E-state index in [0.29, 0.717) is 25.7 Å². The third-order valence-corrected chi connectivity index (χ3v) is 3.04. The summed E-state index contributed by atoms with van der Waals surface area (Å²) in [4.78, 5) is 12.0. The van der Waals surface area contributed by atoms with E-state index in [1.165, 1.54) is 0 Å². The number of nitrogens with one attached hydrogen (secondary N) is 2. The molecule has 0 aromatic heterocycles. The van der Waals surface area contributed by atoms with E-state index in [0.717, 1.165) is 11.3 Å². The van der Waals surface area contributed by atoms with Crippen LogP contribution in [0.1, 0.15) is 26.3 Å². The number of nitrogens with two attached hydrogens (primary N) is 1. The van der Waals surface area contributed by atoms with Crippen LogP contribution in [0.3, 0.4) is 0 Å². The van der Waals surface area contributed by atoms with Crippen molar-refractivity contribution in [3.05, 3.63) is 29.8 Å². The van der Waals surface area contributed by atoms with E-state index in [9.17, 15) is 4.79 Å². The first-order valence-electron chi connectivity index (χ1n) is 7.01. The van der Waals surface area contributed by atoms with Gasteiger partial charge in [-0.05, 0) is 30.5 Å². The first kappa shape index (κ1) is 16.5. The molecule has 0 spiro atoms. The molecule has 0 radical (unpaired) electrons. The van der Waals surface area contributed by atoms with Gasteiger partial charge in [-0.3, -0.25) is 0 Å². The Kier molecular flexibility index (Phi) is 7.04. The van der Waals surface area contributed by atoms with Crippen molar-refractivity contribution >= 4 is 11.7 Å². The minimum Gasteiger partial charge on any atom is -0.380 e. The van der Waals surface area contributed by atoms with E-state index in [2.05, 4.69) is 24.5 Å². The van der Waals surface area contributed by atoms with Crippen LogP contribution < -0.4 is 16.4 Å². The van der Waals surface area contributed by atoms with Gasteiger partial charge in [0.2, 0.25) is 0 Å². The first-order chi connectivity index (χ1) is 9.56. The monoisotopic (exact) mass is 279 g/mol. The molecule has 1 aromatic carbocycles. The van der Waals surface area contributed by atoms with Crippen molar-refractivity contribution in [1.29, 1.82) is 0 Å². The molecule has 0 aliphatic rings. The van der Waals surface area contributed by atoms with E-state index in [4.69, 9.17) is 10.5 Å². The summed E-state index contributed by atoms with van der Waals surface area (Å²) in [5.41, 5.74) is 7.30. The number of rotatable bonds is 7. The lowest BCUT2D eigenvalue weighted by Gasteiger charge is -2.22. The summed E-state index contributed by atoms with van der Waals surface area (Å²) >= 11 is 0. The number of ether oxygens (including phenoxy) is 1. The molecule has 0 heterocycles. The zero-order chi connectivity index (χ0) is 15.0. The second-order valence-corrected chi connectivity index (χ2v) is 5.01. The molecule has 1 atom stereocenters. The van der Waals surface area contributed by atoms with Crippen molar-refractivity contribution in [1.82, 2.24) is 5.32 Å². The standard InChI is InChI=1S/C15H25N3O2/c1-4-20-10-14(11(2)3)18-15(19)17-13-7-5-6-12(8-13)9-16/h5-8,11,14H,4,9-10,16H2,1-3H3,(H2,17,18,19). The Balaban J connectivity index is 2.56. The van der Waals surface area contributed by atoms with Crippen molar-refractivity contribution in [2.45, 2.75) is 33.4 Å². The van der Waals surface area contributed by atoms with Gasteiger partial charge in [0.1, 0.15) is 0 Å². The Morgan fingerprint density at radius 2 is 2.15 bits per heavy atom. The van der Waals surface area contributed by atoms with Gasteiger partial charge in [-0.2, -0.15) is 0 Å². The summed E-state index contributed by atoms with van der Waals surface area (Å²) in [6, 6.07) is 7.27. The Morgan fingerprint density at radius 3 is 2.75 bits per heavy atom. The fraction of sp³-hybridized carbons (Fsp3) is 0.533. The van der Waals surface area contributed by atoms with E-state index in [1.807, 2.05) is 31.2 Å². The molecule has 0 saturated heterocycles. The van der Waals surface area contributed by atoms with Crippen LogP contribution in [0.4, 0.5) is 10.5 Å². The summed E-state index contributed by atoms with van der Waals surface area (Å²) < 4.78 is 5.39. The third-order valence-electron chi connectivity index (χ3n) is 3.04. The summed E-state index contributed by atoms with van der Waals surface area (Å²) in [6.45, 7) is 7.67. The lowest BCUT2D eigenvalue weighted by atomic mass is 10.1. The number of amides is 2. The van der Waals surface area contributed by atoms with Crippen LogP contribution in [-0.2, 0) is 11.3 Å². The lowest BCUT2D eigenvalue weighted by Crippen LogP contribution is -2.44. The fourth-order valence-corrected chi connectivity index (χ4v) is 1.76. The molecule has 1 unspecified atom stereocenters. The van der Waals surface area contributed by atoms with Gasteiger partial charge in [-0.25, -0.2) is 4.79 Å². The molecule has 0 bridgehead atoms. The number of benzene rings is 1. The quantitative estimate of drug-likeness (QED) is 0.717. The predicted octanol–water partition coefficient (Wildman–Crippen LogP) is 2.33. The van der Waals surface area contributed by atoms with Gasteiger partial charge < -0.3 is 21.1 Å². The maximum Gasteiger partial charge on any atom is 0.319 e. The zero-order valence-electron chi connectivity index (χ0n) is 12.5. The van der Waals surface area contributed by atoms with Gasteiger partial charge >= 0.3 is 6.03 Å². The van der Waals surface area contributed by atoms with E-state index >= 15 is 0 Å². The zero-order valence-corrected chi connectivity index (χ0v) is 12.5. The molecule has 0 saturated carbocycles. The summed E-state index contributed by atoms with van der Waals surface area (Å²) in [7, 11) is 0. The molecule has 0 aliphatic carbocycles. The first-order valence-corrected chi connectivity index (χ1v) is 7.01. The molecule has 5 heteroatoms. The SMILES string of the molecule is CCOCC(NC(=O)Nc1cccc(CN)c1)C(C)C. The molecular weight excluding hydrogens is 254 g/mol. The van der Waals surface area contributed by atoms with Crippen LogP contribution in [0.5, 0.6) is 0 Å². The number of anilines is 1. The van der Waals surface area contributed by atoms with Crippen LogP contribution in [0, 0.1) is 5.92 Å². The third kappa shape index (κ3) is 5.59. The molecule has 5 nitrogen and oxygen atoms in total. The van der Waals surface area contributed by atoms with E-state index in [-0.39, 0.29) is 12.1 Å². The lowest BCUT2D eigenvalue weighted by molar-refractivity contribution is 0.111. The minimum absolute atomic E-state index is 0.00681. The molecular formula is C15H25N3O2. The average Bonchev–Trinajstić information content (AvgIpc) is 2.43.